The first-order chi connectivity index (χ1) is 6.97. The van der Waals surface area contributed by atoms with Crippen molar-refractivity contribution in [1.82, 2.24) is 4.98 Å². The van der Waals surface area contributed by atoms with Crippen LogP contribution in [0.2, 0.25) is 0 Å². The number of hydrogen-bond donors (Lipinski definition) is 1. The van der Waals surface area contributed by atoms with Crippen LogP contribution in [0.4, 0.5) is 13.2 Å². The Kier molecular flexibility index (Phi) is 3.13. The van der Waals surface area contributed by atoms with Crippen molar-refractivity contribution in [3.05, 3.63) is 33.5 Å². The lowest BCUT2D eigenvalue weighted by Crippen LogP contribution is -2.19. The Balaban J connectivity index is 3.36. The highest BCUT2D eigenvalue weighted by Gasteiger charge is 2.20. The van der Waals surface area contributed by atoms with Gasteiger partial charge in [0.05, 0.1) is 12.7 Å². The van der Waals surface area contributed by atoms with E-state index in [1.165, 1.54) is 4.98 Å². The van der Waals surface area contributed by atoms with E-state index in [0.29, 0.717) is 6.07 Å². The summed E-state index contributed by atoms with van der Waals surface area (Å²) in [7, 11) is 0.967. The number of carbonyl (C=O) groups is 1. The number of alkyl halides is 2. The topological polar surface area (TPSA) is 59.2 Å². The maximum absolute atomic E-state index is 12.9. The smallest absolute Gasteiger partial charge is 0.342 e. The SMILES string of the molecule is COC(=O)c1cc(C(F)F)c(=O)[nH]c1F. The van der Waals surface area contributed by atoms with Crippen LogP contribution in [-0.4, -0.2) is 18.1 Å². The number of ether oxygens (including phenoxy) is 1. The van der Waals surface area contributed by atoms with E-state index in [2.05, 4.69) is 4.74 Å². The molecule has 0 unspecified atom stereocenters. The van der Waals surface area contributed by atoms with E-state index >= 15 is 0 Å². The monoisotopic (exact) mass is 221 g/mol. The molecule has 0 atom stereocenters. The summed E-state index contributed by atoms with van der Waals surface area (Å²) in [6, 6.07) is 0.477. The summed E-state index contributed by atoms with van der Waals surface area (Å²) in [5.41, 5.74) is -2.97. The normalized spacial score (nSPS) is 10.5. The van der Waals surface area contributed by atoms with Gasteiger partial charge in [0.1, 0.15) is 5.56 Å². The Morgan fingerprint density at radius 3 is 2.60 bits per heavy atom. The Hall–Kier alpha value is -1.79. The van der Waals surface area contributed by atoms with Crippen LogP contribution in [0.25, 0.3) is 0 Å². The largest absolute Gasteiger partial charge is 0.465 e. The molecule has 1 aromatic heterocycles. The quantitative estimate of drug-likeness (QED) is 0.603. The highest BCUT2D eigenvalue weighted by molar-refractivity contribution is 5.89. The lowest BCUT2D eigenvalue weighted by Gasteiger charge is -2.03. The minimum Gasteiger partial charge on any atom is -0.465 e. The first-order valence-electron chi connectivity index (χ1n) is 3.76. The van der Waals surface area contributed by atoms with Crippen LogP contribution in [-0.2, 0) is 4.74 Å². The standard InChI is InChI=1S/C8H6F3NO3/c1-15-8(14)4-2-3(5(9)10)7(13)12-6(4)11/h2,5H,1H3,(H,12,13). The third-order valence-electron chi connectivity index (χ3n) is 1.66. The predicted molar refractivity (Wildman–Crippen MR) is 43.3 cm³/mol. The van der Waals surface area contributed by atoms with Crippen molar-refractivity contribution in [2.75, 3.05) is 7.11 Å². The molecule has 1 heterocycles. The number of nitrogens with one attached hydrogen (secondary N) is 1. The molecule has 82 valence electrons. The fourth-order valence-corrected chi connectivity index (χ4v) is 0.944. The van der Waals surface area contributed by atoms with Crippen LogP contribution in [0.15, 0.2) is 10.9 Å². The first-order valence-corrected chi connectivity index (χ1v) is 3.76. The summed E-state index contributed by atoms with van der Waals surface area (Å²) in [4.78, 5) is 23.2. The number of esters is 1. The molecular formula is C8H6F3NO3. The van der Waals surface area contributed by atoms with Crippen LogP contribution < -0.4 is 5.56 Å². The minimum atomic E-state index is -3.09. The van der Waals surface area contributed by atoms with Crippen molar-refractivity contribution in [2.45, 2.75) is 6.43 Å². The number of rotatable bonds is 2. The van der Waals surface area contributed by atoms with Gasteiger partial charge in [-0.25, -0.2) is 13.6 Å². The molecular weight excluding hydrogens is 215 g/mol. The summed E-state index contributed by atoms with van der Waals surface area (Å²) in [5.74, 6) is -2.43. The van der Waals surface area contributed by atoms with E-state index in [4.69, 9.17) is 0 Å². The zero-order chi connectivity index (χ0) is 11.6. The lowest BCUT2D eigenvalue weighted by atomic mass is 10.2. The van der Waals surface area contributed by atoms with Crippen molar-refractivity contribution in [3.63, 3.8) is 0 Å². The number of H-pyrrole nitrogens is 1. The van der Waals surface area contributed by atoms with Crippen molar-refractivity contribution < 1.29 is 22.7 Å². The van der Waals surface area contributed by atoms with E-state index in [0.717, 1.165) is 7.11 Å². The number of aromatic amines is 1. The summed E-state index contributed by atoms with van der Waals surface area (Å²) in [6.07, 6.45) is -3.09. The molecule has 0 saturated carbocycles. The second kappa shape index (κ2) is 4.16. The Bertz CT molecular complexity index is 441. The average Bonchev–Trinajstić information content (AvgIpc) is 2.16. The zero-order valence-corrected chi connectivity index (χ0v) is 7.51. The van der Waals surface area contributed by atoms with Crippen LogP contribution in [0, 0.1) is 5.95 Å². The maximum atomic E-state index is 12.9. The molecule has 0 aliphatic heterocycles. The van der Waals surface area contributed by atoms with Crippen LogP contribution >= 0.6 is 0 Å². The molecule has 0 bridgehead atoms. The number of halogens is 3. The van der Waals surface area contributed by atoms with Crippen molar-refractivity contribution >= 4 is 5.97 Å². The number of hydrogen-bond acceptors (Lipinski definition) is 3. The van der Waals surface area contributed by atoms with Gasteiger partial charge in [0.25, 0.3) is 12.0 Å². The molecule has 1 rings (SSSR count). The first kappa shape index (κ1) is 11.3. The molecule has 0 aromatic carbocycles. The summed E-state index contributed by atoms with van der Waals surface area (Å²) >= 11 is 0. The fourth-order valence-electron chi connectivity index (χ4n) is 0.944. The van der Waals surface area contributed by atoms with Crippen molar-refractivity contribution in [1.29, 1.82) is 0 Å². The van der Waals surface area contributed by atoms with E-state index in [-0.39, 0.29) is 0 Å². The van der Waals surface area contributed by atoms with Crippen LogP contribution in [0.3, 0.4) is 0 Å². The second-order valence-corrected chi connectivity index (χ2v) is 2.57. The summed E-state index contributed by atoms with van der Waals surface area (Å²) < 4.78 is 41.5. The average molecular weight is 221 g/mol. The van der Waals surface area contributed by atoms with E-state index in [9.17, 15) is 22.8 Å². The van der Waals surface area contributed by atoms with Gasteiger partial charge in [-0.2, -0.15) is 4.39 Å². The molecule has 0 radical (unpaired) electrons. The number of methoxy groups -OCH3 is 1. The number of aromatic nitrogens is 1. The maximum Gasteiger partial charge on any atom is 0.342 e. The fraction of sp³-hybridized carbons (Fsp3) is 0.250. The van der Waals surface area contributed by atoms with Gasteiger partial charge in [-0.3, -0.25) is 9.78 Å². The van der Waals surface area contributed by atoms with Gasteiger partial charge in [0.2, 0.25) is 5.95 Å². The highest BCUT2D eigenvalue weighted by Crippen LogP contribution is 2.16. The van der Waals surface area contributed by atoms with Crippen LogP contribution in [0.5, 0.6) is 0 Å². The molecule has 0 spiro atoms. The third kappa shape index (κ3) is 2.17. The van der Waals surface area contributed by atoms with Gasteiger partial charge in [-0.05, 0) is 6.07 Å². The molecule has 15 heavy (non-hydrogen) atoms. The van der Waals surface area contributed by atoms with Gasteiger partial charge < -0.3 is 4.74 Å². The zero-order valence-electron chi connectivity index (χ0n) is 7.51. The molecule has 0 aliphatic carbocycles. The molecule has 7 heteroatoms. The summed E-state index contributed by atoms with van der Waals surface area (Å²) in [6.45, 7) is 0. The molecule has 0 fully saturated rings. The number of carbonyl (C=O) groups excluding carboxylic acids is 1. The molecule has 0 amide bonds. The van der Waals surface area contributed by atoms with Gasteiger partial charge >= 0.3 is 5.97 Å². The second-order valence-electron chi connectivity index (χ2n) is 2.57. The van der Waals surface area contributed by atoms with Crippen molar-refractivity contribution in [3.8, 4) is 0 Å². The predicted octanol–water partition coefficient (Wildman–Crippen LogP) is 1.24. The molecule has 1 aromatic rings. The Morgan fingerprint density at radius 1 is 1.53 bits per heavy atom. The van der Waals surface area contributed by atoms with Gasteiger partial charge in [-0.15, -0.1) is 0 Å². The molecule has 4 nitrogen and oxygen atoms in total. The van der Waals surface area contributed by atoms with Gasteiger partial charge in [0.15, 0.2) is 0 Å². The van der Waals surface area contributed by atoms with E-state index < -0.39 is 35.0 Å². The number of pyridine rings is 1. The van der Waals surface area contributed by atoms with E-state index in [1.54, 1.807) is 0 Å². The summed E-state index contributed by atoms with van der Waals surface area (Å²) in [5, 5.41) is 0. The lowest BCUT2D eigenvalue weighted by molar-refractivity contribution is 0.0593. The molecule has 0 saturated heterocycles. The van der Waals surface area contributed by atoms with Crippen molar-refractivity contribution in [2.24, 2.45) is 0 Å². The Morgan fingerprint density at radius 2 is 2.13 bits per heavy atom. The molecule has 1 N–H and O–H groups in total. The van der Waals surface area contributed by atoms with Crippen LogP contribution in [0.1, 0.15) is 22.3 Å². The highest BCUT2D eigenvalue weighted by atomic mass is 19.3. The molecule has 0 aliphatic rings. The van der Waals surface area contributed by atoms with Gasteiger partial charge in [-0.1, -0.05) is 0 Å². The van der Waals surface area contributed by atoms with E-state index in [1.807, 2.05) is 0 Å². The third-order valence-corrected chi connectivity index (χ3v) is 1.66. The Labute approximate surface area is 81.7 Å². The van der Waals surface area contributed by atoms with Gasteiger partial charge in [0, 0.05) is 0 Å². The minimum absolute atomic E-state index is 0.477.